The minimum absolute atomic E-state index is 0.236. The number of pyridine rings is 1. The van der Waals surface area contributed by atoms with Crippen LogP contribution in [0.4, 0.5) is 14.6 Å². The van der Waals surface area contributed by atoms with Gasteiger partial charge in [0.05, 0.1) is 24.8 Å². The minimum atomic E-state index is -2.68. The van der Waals surface area contributed by atoms with Gasteiger partial charge in [-0.2, -0.15) is 0 Å². The van der Waals surface area contributed by atoms with Gasteiger partial charge in [-0.05, 0) is 54.8 Å². The van der Waals surface area contributed by atoms with Crippen molar-refractivity contribution in [2.24, 2.45) is 0 Å². The van der Waals surface area contributed by atoms with Gasteiger partial charge >= 0.3 is 0 Å². The average Bonchev–Trinajstić information content (AvgIpc) is 2.69. The number of anilines is 1. The molecule has 2 atom stereocenters. The molecule has 0 radical (unpaired) electrons. The standard InChI is InChI=1S/C21H20ClF2N3O2/c1-2-19(28)25-16-8-9-17(29-14-5-3-13(22)4-6-14)20-15(16)7-10-18(26-20)27-11-21(23,24)12-27/h2-7,10,16-17H,1,8-9,11-12H2,(H,25,28)/t16-,17+/m0/s1. The first-order valence-electron chi connectivity index (χ1n) is 9.33. The molecule has 29 heavy (non-hydrogen) atoms. The summed E-state index contributed by atoms with van der Waals surface area (Å²) < 4.78 is 32.7. The highest BCUT2D eigenvalue weighted by Gasteiger charge is 2.45. The zero-order chi connectivity index (χ0) is 20.6. The highest BCUT2D eigenvalue weighted by Crippen LogP contribution is 2.40. The van der Waals surface area contributed by atoms with Crippen LogP contribution in [0.2, 0.25) is 5.02 Å². The Morgan fingerprint density at radius 1 is 1.24 bits per heavy atom. The van der Waals surface area contributed by atoms with Crippen LogP contribution in [0.3, 0.4) is 0 Å². The molecule has 2 aromatic rings. The fourth-order valence-electron chi connectivity index (χ4n) is 3.66. The van der Waals surface area contributed by atoms with Crippen molar-refractivity contribution in [2.75, 3.05) is 18.0 Å². The van der Waals surface area contributed by atoms with Gasteiger partial charge in [-0.1, -0.05) is 24.2 Å². The molecule has 0 unspecified atom stereocenters. The predicted octanol–water partition coefficient (Wildman–Crippen LogP) is 4.45. The Morgan fingerprint density at radius 3 is 2.62 bits per heavy atom. The molecule has 1 fully saturated rings. The van der Waals surface area contributed by atoms with Crippen molar-refractivity contribution >= 4 is 23.3 Å². The number of hydrogen-bond donors (Lipinski definition) is 1. The maximum Gasteiger partial charge on any atom is 0.282 e. The van der Waals surface area contributed by atoms with Crippen LogP contribution in [-0.4, -0.2) is 29.9 Å². The van der Waals surface area contributed by atoms with Crippen molar-refractivity contribution in [3.05, 3.63) is 65.3 Å². The second kappa shape index (κ2) is 7.63. The molecule has 1 aliphatic carbocycles. The summed E-state index contributed by atoms with van der Waals surface area (Å²) in [4.78, 5) is 18.0. The molecule has 0 spiro atoms. The summed E-state index contributed by atoms with van der Waals surface area (Å²) >= 11 is 5.93. The third kappa shape index (κ3) is 4.19. The fourth-order valence-corrected chi connectivity index (χ4v) is 3.79. The van der Waals surface area contributed by atoms with Gasteiger partial charge in [0.1, 0.15) is 17.7 Å². The van der Waals surface area contributed by atoms with E-state index in [1.165, 1.54) is 11.0 Å². The van der Waals surface area contributed by atoms with E-state index in [-0.39, 0.29) is 31.1 Å². The number of hydrogen-bond acceptors (Lipinski definition) is 4. The quantitative estimate of drug-likeness (QED) is 0.727. The van der Waals surface area contributed by atoms with Gasteiger partial charge in [-0.3, -0.25) is 4.79 Å². The number of nitrogens with zero attached hydrogens (tertiary/aromatic N) is 2. The van der Waals surface area contributed by atoms with Gasteiger partial charge in [0.15, 0.2) is 0 Å². The van der Waals surface area contributed by atoms with E-state index in [0.29, 0.717) is 35.1 Å². The lowest BCUT2D eigenvalue weighted by molar-refractivity contribution is -0.117. The number of rotatable bonds is 5. The predicted molar refractivity (Wildman–Crippen MR) is 107 cm³/mol. The zero-order valence-corrected chi connectivity index (χ0v) is 16.3. The third-order valence-corrected chi connectivity index (χ3v) is 5.35. The first-order valence-corrected chi connectivity index (χ1v) is 9.71. The van der Waals surface area contributed by atoms with Crippen LogP contribution in [0.5, 0.6) is 5.75 Å². The first kappa shape index (κ1) is 19.6. The van der Waals surface area contributed by atoms with Gasteiger partial charge in [-0.25, -0.2) is 13.8 Å². The number of carbonyl (C=O) groups excluding carboxylic acids is 1. The van der Waals surface area contributed by atoms with Crippen molar-refractivity contribution in [2.45, 2.75) is 30.9 Å². The number of fused-ring (bicyclic) bond motifs is 1. The molecule has 1 N–H and O–H groups in total. The maximum absolute atomic E-state index is 13.3. The molecule has 0 saturated carbocycles. The lowest BCUT2D eigenvalue weighted by atomic mass is 9.88. The van der Waals surface area contributed by atoms with Crippen LogP contribution < -0.4 is 15.0 Å². The monoisotopic (exact) mass is 419 g/mol. The van der Waals surface area contributed by atoms with Gasteiger partial charge in [0, 0.05) is 5.02 Å². The number of amides is 1. The summed E-state index contributed by atoms with van der Waals surface area (Å²) in [7, 11) is 0. The Labute approximate surface area is 172 Å². The third-order valence-electron chi connectivity index (χ3n) is 5.10. The number of halogens is 3. The van der Waals surface area contributed by atoms with E-state index in [2.05, 4.69) is 16.9 Å². The molecule has 2 aliphatic rings. The highest BCUT2D eigenvalue weighted by molar-refractivity contribution is 6.30. The number of alkyl halides is 2. The molecule has 2 heterocycles. The van der Waals surface area contributed by atoms with E-state index in [9.17, 15) is 13.6 Å². The zero-order valence-electron chi connectivity index (χ0n) is 15.6. The molecule has 152 valence electrons. The smallest absolute Gasteiger partial charge is 0.282 e. The Morgan fingerprint density at radius 2 is 1.97 bits per heavy atom. The van der Waals surface area contributed by atoms with Gasteiger partial charge < -0.3 is 15.0 Å². The summed E-state index contributed by atoms with van der Waals surface area (Å²) in [6.07, 6.45) is 2.14. The molecular weight excluding hydrogens is 400 g/mol. The highest BCUT2D eigenvalue weighted by atomic mass is 35.5. The minimum Gasteiger partial charge on any atom is -0.484 e. The van der Waals surface area contributed by atoms with Crippen LogP contribution >= 0.6 is 11.6 Å². The lowest BCUT2D eigenvalue weighted by Gasteiger charge is -2.40. The van der Waals surface area contributed by atoms with E-state index >= 15 is 0 Å². The number of ether oxygens (including phenoxy) is 1. The topological polar surface area (TPSA) is 54.5 Å². The number of benzene rings is 1. The molecule has 8 heteroatoms. The molecule has 0 bridgehead atoms. The number of aromatic nitrogens is 1. The normalized spacial score (nSPS) is 22.2. The van der Waals surface area contributed by atoms with Crippen LogP contribution in [0.25, 0.3) is 0 Å². The summed E-state index contributed by atoms with van der Waals surface area (Å²) in [6.45, 7) is 2.79. The second-order valence-corrected chi connectivity index (χ2v) is 7.70. The van der Waals surface area contributed by atoms with E-state index in [0.717, 1.165) is 5.56 Å². The maximum atomic E-state index is 13.3. The molecule has 1 aromatic carbocycles. The van der Waals surface area contributed by atoms with Crippen molar-refractivity contribution in [1.82, 2.24) is 10.3 Å². The molecule has 1 amide bonds. The Hall–Kier alpha value is -2.67. The average molecular weight is 420 g/mol. The molecule has 5 nitrogen and oxygen atoms in total. The van der Waals surface area contributed by atoms with Crippen LogP contribution in [-0.2, 0) is 4.79 Å². The Balaban J connectivity index is 1.63. The van der Waals surface area contributed by atoms with E-state index in [1.54, 1.807) is 30.3 Å². The molecular formula is C21H20ClF2N3O2. The van der Waals surface area contributed by atoms with Crippen molar-refractivity contribution in [1.29, 1.82) is 0 Å². The molecule has 1 saturated heterocycles. The van der Waals surface area contributed by atoms with Crippen LogP contribution in [0.15, 0.2) is 49.1 Å². The SMILES string of the molecule is C=CC(=O)N[C@H]1CC[C@@H](Oc2ccc(Cl)cc2)c2nc(N3CC(F)(F)C3)ccc21. The molecule has 1 aliphatic heterocycles. The summed E-state index contributed by atoms with van der Waals surface area (Å²) in [5.74, 6) is -1.83. The largest absolute Gasteiger partial charge is 0.484 e. The van der Waals surface area contributed by atoms with Crippen LogP contribution in [0.1, 0.15) is 36.2 Å². The summed E-state index contributed by atoms with van der Waals surface area (Å²) in [5, 5.41) is 3.51. The van der Waals surface area contributed by atoms with Crippen molar-refractivity contribution in [3.8, 4) is 5.75 Å². The van der Waals surface area contributed by atoms with Gasteiger partial charge in [0.2, 0.25) is 5.91 Å². The molecule has 4 rings (SSSR count). The van der Waals surface area contributed by atoms with Crippen molar-refractivity contribution in [3.63, 3.8) is 0 Å². The second-order valence-electron chi connectivity index (χ2n) is 7.26. The Bertz CT molecular complexity index is 928. The molecule has 1 aromatic heterocycles. The summed E-state index contributed by atoms with van der Waals surface area (Å²) in [5.41, 5.74) is 1.47. The first-order chi connectivity index (χ1) is 13.8. The van der Waals surface area contributed by atoms with E-state index < -0.39 is 5.92 Å². The fraction of sp³-hybridized carbons (Fsp3) is 0.333. The van der Waals surface area contributed by atoms with E-state index in [1.807, 2.05) is 6.07 Å². The van der Waals surface area contributed by atoms with Gasteiger partial charge in [0.25, 0.3) is 5.92 Å². The number of carbonyl (C=O) groups is 1. The van der Waals surface area contributed by atoms with Crippen LogP contribution in [0, 0.1) is 0 Å². The van der Waals surface area contributed by atoms with E-state index in [4.69, 9.17) is 16.3 Å². The van der Waals surface area contributed by atoms with Crippen molar-refractivity contribution < 1.29 is 18.3 Å². The lowest BCUT2D eigenvalue weighted by Crippen LogP contribution is -2.56. The van der Waals surface area contributed by atoms with Gasteiger partial charge in [-0.15, -0.1) is 0 Å². The summed E-state index contributed by atoms with van der Waals surface area (Å²) in [6, 6.07) is 10.3. The number of nitrogens with one attached hydrogen (secondary N) is 1. The Kier molecular flexibility index (Phi) is 5.17.